The Hall–Kier alpha value is -0.900. The zero-order valence-corrected chi connectivity index (χ0v) is 21.2. The lowest BCUT2D eigenvalue weighted by molar-refractivity contribution is -0.0582. The van der Waals surface area contributed by atoms with Gasteiger partial charge in [0.05, 0.1) is 12.6 Å². The van der Waals surface area contributed by atoms with Gasteiger partial charge in [0.2, 0.25) is 0 Å². The second-order valence-corrected chi connectivity index (χ2v) is 11.2. The van der Waals surface area contributed by atoms with E-state index in [1.165, 1.54) is 38.2 Å². The summed E-state index contributed by atoms with van der Waals surface area (Å²) < 4.78 is 127. The Morgan fingerprint density at radius 2 is 1.17 bits per heavy atom. The van der Waals surface area contributed by atoms with Gasteiger partial charge in [0, 0.05) is 0 Å². The Kier molecular flexibility index (Phi) is 15.6. The molecule has 0 aromatic carbocycles. The van der Waals surface area contributed by atoms with E-state index in [1.807, 2.05) is 0 Å². The Balaban J connectivity index is 4.69. The van der Waals surface area contributed by atoms with Crippen LogP contribution in [0.25, 0.3) is 0 Å². The third-order valence-corrected chi connectivity index (χ3v) is 7.00. The normalized spacial score (nSPS) is 15.5. The highest BCUT2D eigenvalue weighted by Gasteiger charge is 2.50. The van der Waals surface area contributed by atoms with Crippen LogP contribution >= 0.6 is 0 Å². The molecule has 0 aliphatic carbocycles. The van der Waals surface area contributed by atoms with E-state index in [2.05, 4.69) is 15.3 Å². The maximum Gasteiger partial charge on any atom is 0.523 e. The average molecular weight is 564 g/mol. The molecule has 0 spiro atoms. The zero-order valence-electron chi connectivity index (χ0n) is 19.6. The van der Waals surface area contributed by atoms with Gasteiger partial charge in [-0.25, -0.2) is 0 Å². The van der Waals surface area contributed by atoms with E-state index in [4.69, 9.17) is 5.73 Å². The van der Waals surface area contributed by atoms with Gasteiger partial charge in [-0.15, -0.1) is 0 Å². The number of nitrogens with two attached hydrogens (primary N) is 1. The molecule has 2 N–H and O–H groups in total. The molecule has 0 saturated heterocycles. The van der Waals surface area contributed by atoms with Gasteiger partial charge in [0.1, 0.15) is 6.10 Å². The van der Waals surface area contributed by atoms with E-state index in [9.17, 15) is 43.2 Å². The summed E-state index contributed by atoms with van der Waals surface area (Å²) in [5.41, 5.74) is -6.20. The summed E-state index contributed by atoms with van der Waals surface area (Å²) in [6, 6.07) is -1.96. The predicted molar refractivity (Wildman–Crippen MR) is 119 cm³/mol. The number of alkyl halides is 6. The molecule has 0 radical (unpaired) electrons. The molecule has 0 aliphatic heterocycles. The van der Waals surface area contributed by atoms with Gasteiger partial charge >= 0.3 is 31.3 Å². The van der Waals surface area contributed by atoms with Crippen molar-refractivity contribution in [3.63, 3.8) is 0 Å². The second-order valence-electron chi connectivity index (χ2n) is 8.06. The van der Waals surface area contributed by atoms with Crippen molar-refractivity contribution in [3.05, 3.63) is 12.2 Å². The van der Waals surface area contributed by atoms with Crippen molar-refractivity contribution in [2.24, 2.45) is 5.73 Å². The minimum absolute atomic E-state index is 0.317. The van der Waals surface area contributed by atoms with Crippen LogP contribution in [0, 0.1) is 0 Å². The Bertz CT molecular complexity index is 813. The highest BCUT2D eigenvalue weighted by Crippen LogP contribution is 2.28. The van der Waals surface area contributed by atoms with E-state index in [1.54, 1.807) is 0 Å². The van der Waals surface area contributed by atoms with Gasteiger partial charge < -0.3 is 5.73 Å². The molecule has 15 heteroatoms. The highest BCUT2D eigenvalue weighted by atomic mass is 32.2. The third kappa shape index (κ3) is 14.4. The molecule has 0 rings (SSSR count). The molecule has 0 saturated carbocycles. The number of halogens is 6. The van der Waals surface area contributed by atoms with Crippen LogP contribution in [0.3, 0.4) is 0 Å². The predicted octanol–water partition coefficient (Wildman–Crippen LogP) is 5.67. The largest absolute Gasteiger partial charge is 0.523 e. The third-order valence-electron chi connectivity index (χ3n) is 4.94. The first kappa shape index (κ1) is 34.1. The number of allylic oxidation sites excluding steroid dienone is 1. The van der Waals surface area contributed by atoms with E-state index in [0.29, 0.717) is 12.8 Å². The van der Waals surface area contributed by atoms with E-state index in [-0.39, 0.29) is 0 Å². The van der Waals surface area contributed by atoms with E-state index < -0.39 is 50.0 Å². The van der Waals surface area contributed by atoms with Crippen molar-refractivity contribution >= 4 is 20.2 Å². The lowest BCUT2D eigenvalue weighted by atomic mass is 10.0. The van der Waals surface area contributed by atoms with Crippen LogP contribution < -0.4 is 5.73 Å². The van der Waals surface area contributed by atoms with Gasteiger partial charge in [-0.05, 0) is 12.8 Å². The lowest BCUT2D eigenvalue weighted by Crippen LogP contribution is -2.44. The average Bonchev–Trinajstić information content (AvgIpc) is 2.72. The van der Waals surface area contributed by atoms with Crippen molar-refractivity contribution in [1.29, 1.82) is 0 Å². The maximum atomic E-state index is 12.6. The lowest BCUT2D eigenvalue weighted by Gasteiger charge is -2.21. The van der Waals surface area contributed by atoms with Crippen LogP contribution in [-0.2, 0) is 28.6 Å². The first-order valence-electron chi connectivity index (χ1n) is 11.4. The van der Waals surface area contributed by atoms with Crippen molar-refractivity contribution in [2.75, 3.05) is 6.61 Å². The summed E-state index contributed by atoms with van der Waals surface area (Å²) in [7, 11) is -12.2. The molecular formula is C20H35F6NO6S2. The first-order valence-corrected chi connectivity index (χ1v) is 14.2. The summed E-state index contributed by atoms with van der Waals surface area (Å²) in [6.07, 6.45) is 12.1. The number of hydrogen-bond donors (Lipinski definition) is 1. The van der Waals surface area contributed by atoms with Crippen molar-refractivity contribution < 1.29 is 51.5 Å². The summed E-state index contributed by atoms with van der Waals surface area (Å²) in [5, 5.41) is 0. The molecule has 210 valence electrons. The van der Waals surface area contributed by atoms with Crippen molar-refractivity contribution in [3.8, 4) is 0 Å². The zero-order chi connectivity index (χ0) is 27.2. The van der Waals surface area contributed by atoms with Crippen molar-refractivity contribution in [2.45, 2.75) is 107 Å². The van der Waals surface area contributed by atoms with Gasteiger partial charge in [0.25, 0.3) is 0 Å². The molecule has 7 nitrogen and oxygen atoms in total. The van der Waals surface area contributed by atoms with Gasteiger partial charge in [0.15, 0.2) is 0 Å². The van der Waals surface area contributed by atoms with Crippen LogP contribution in [0.4, 0.5) is 26.3 Å². The summed E-state index contributed by atoms with van der Waals surface area (Å²) in [5.74, 6) is 0. The minimum Gasteiger partial charge on any atom is -0.323 e. The molecule has 0 aromatic rings. The van der Waals surface area contributed by atoms with Crippen LogP contribution in [0.1, 0.15) is 84.0 Å². The Morgan fingerprint density at radius 3 is 1.60 bits per heavy atom. The summed E-state index contributed by atoms with van der Waals surface area (Å²) in [6.45, 7) is 0.698. The quantitative estimate of drug-likeness (QED) is 0.0708. The SMILES string of the molecule is CCCCCCCCCCCCC/C=C/[C@H](OS(=O)(=O)C(F)(F)F)[C@H](N)COS(=O)(=O)C(F)(F)F. The van der Waals surface area contributed by atoms with E-state index in [0.717, 1.165) is 38.2 Å². The van der Waals surface area contributed by atoms with Crippen LogP contribution in [0.15, 0.2) is 12.2 Å². The molecular weight excluding hydrogens is 528 g/mol. The Morgan fingerprint density at radius 1 is 0.743 bits per heavy atom. The summed E-state index contributed by atoms with van der Waals surface area (Å²) >= 11 is 0. The highest BCUT2D eigenvalue weighted by molar-refractivity contribution is 7.87. The molecule has 0 amide bonds. The fourth-order valence-electron chi connectivity index (χ4n) is 2.93. The summed E-state index contributed by atoms with van der Waals surface area (Å²) in [4.78, 5) is 0. The smallest absolute Gasteiger partial charge is 0.323 e. The number of unbranched alkanes of at least 4 members (excludes halogenated alkanes) is 11. The molecule has 2 atom stereocenters. The minimum atomic E-state index is -6.15. The second kappa shape index (κ2) is 16.0. The van der Waals surface area contributed by atoms with E-state index >= 15 is 0 Å². The monoisotopic (exact) mass is 563 g/mol. The number of hydrogen-bond acceptors (Lipinski definition) is 7. The fraction of sp³-hybridized carbons (Fsp3) is 0.900. The first-order chi connectivity index (χ1) is 16.0. The van der Waals surface area contributed by atoms with Gasteiger partial charge in [-0.1, -0.05) is 83.3 Å². The molecule has 35 heavy (non-hydrogen) atoms. The number of rotatable bonds is 19. The van der Waals surface area contributed by atoms with Crippen LogP contribution in [-0.4, -0.2) is 46.6 Å². The van der Waals surface area contributed by atoms with Gasteiger partial charge in [-0.2, -0.15) is 43.2 Å². The molecule has 0 heterocycles. The molecule has 0 unspecified atom stereocenters. The Labute approximate surface area is 203 Å². The fourth-order valence-corrected chi connectivity index (χ4v) is 4.01. The maximum absolute atomic E-state index is 12.6. The van der Waals surface area contributed by atoms with Crippen molar-refractivity contribution in [1.82, 2.24) is 0 Å². The molecule has 0 aromatic heterocycles. The van der Waals surface area contributed by atoms with Gasteiger partial charge in [-0.3, -0.25) is 8.37 Å². The topological polar surface area (TPSA) is 113 Å². The molecule has 0 fully saturated rings. The molecule has 0 bridgehead atoms. The molecule has 0 aliphatic rings. The van der Waals surface area contributed by atoms with Crippen LogP contribution in [0.2, 0.25) is 0 Å². The van der Waals surface area contributed by atoms with Crippen LogP contribution in [0.5, 0.6) is 0 Å². The standard InChI is InChI=1S/C20H35F6NO6S2/c1-2-3-4-5-6-7-8-9-10-11-12-13-14-15-18(33-35(30,31)20(24,25)26)17(27)16-32-34(28,29)19(21,22)23/h14-15,17-18H,2-13,16,27H2,1H3/b15-14+/t17-,18+/m1/s1.